The lowest BCUT2D eigenvalue weighted by atomic mass is 9.99. The van der Waals surface area contributed by atoms with E-state index in [1.165, 1.54) is 4.90 Å². The molecule has 0 N–H and O–H groups in total. The van der Waals surface area contributed by atoms with Crippen LogP contribution < -0.4 is 0 Å². The van der Waals surface area contributed by atoms with Crippen LogP contribution in [0.25, 0.3) is 0 Å². The summed E-state index contributed by atoms with van der Waals surface area (Å²) >= 11 is 3.35. The van der Waals surface area contributed by atoms with Gasteiger partial charge in [-0.1, -0.05) is 15.9 Å². The van der Waals surface area contributed by atoms with Crippen molar-refractivity contribution in [3.8, 4) is 0 Å². The van der Waals surface area contributed by atoms with Crippen LogP contribution in [-0.2, 0) is 6.18 Å². The number of carbonyl (C=O) groups is 1. The Balaban J connectivity index is 2.23. The third-order valence-corrected chi connectivity index (χ3v) is 4.46. The zero-order chi connectivity index (χ0) is 15.6. The highest BCUT2D eigenvalue weighted by Gasteiger charge is 2.35. The molecule has 0 aromatic heterocycles. The molecule has 1 atom stereocenters. The number of carbonyl (C=O) groups excluding carboxylic acids is 1. The first-order valence-electron chi connectivity index (χ1n) is 6.55. The van der Waals surface area contributed by atoms with Crippen LogP contribution in [0.3, 0.4) is 0 Å². The van der Waals surface area contributed by atoms with Crippen LogP contribution >= 0.6 is 15.9 Å². The van der Waals surface area contributed by atoms with Gasteiger partial charge in [0.1, 0.15) is 5.82 Å². The molecule has 1 fully saturated rings. The van der Waals surface area contributed by atoms with Crippen LogP contribution in [0.5, 0.6) is 0 Å². The van der Waals surface area contributed by atoms with Gasteiger partial charge in [0.15, 0.2) is 0 Å². The number of rotatable bonds is 2. The predicted octanol–water partition coefficient (Wildman–Crippen LogP) is 4.09. The Hall–Kier alpha value is -1.11. The van der Waals surface area contributed by atoms with Gasteiger partial charge >= 0.3 is 6.18 Å². The van der Waals surface area contributed by atoms with Crippen LogP contribution in [0, 0.1) is 11.7 Å². The normalized spacial score (nSPS) is 19.7. The third kappa shape index (κ3) is 3.75. The van der Waals surface area contributed by atoms with E-state index in [2.05, 4.69) is 15.9 Å². The highest BCUT2D eigenvalue weighted by Crippen LogP contribution is 2.32. The van der Waals surface area contributed by atoms with Crippen molar-refractivity contribution < 1.29 is 22.4 Å². The molecule has 116 valence electrons. The lowest BCUT2D eigenvalue weighted by Gasteiger charge is -2.32. The smallest absolute Gasteiger partial charge is 0.338 e. The van der Waals surface area contributed by atoms with Crippen molar-refractivity contribution >= 4 is 21.8 Å². The largest absolute Gasteiger partial charge is 0.419 e. The summed E-state index contributed by atoms with van der Waals surface area (Å²) in [4.78, 5) is 13.8. The van der Waals surface area contributed by atoms with Gasteiger partial charge in [-0.2, -0.15) is 13.2 Å². The molecule has 7 heteroatoms. The summed E-state index contributed by atoms with van der Waals surface area (Å²) in [6.45, 7) is 1.02. The third-order valence-electron chi connectivity index (χ3n) is 3.54. The molecule has 1 saturated heterocycles. The first-order chi connectivity index (χ1) is 9.82. The van der Waals surface area contributed by atoms with Crippen molar-refractivity contribution in [1.82, 2.24) is 4.90 Å². The second kappa shape index (κ2) is 6.34. The van der Waals surface area contributed by atoms with Crippen LogP contribution in [0.4, 0.5) is 17.6 Å². The maximum absolute atomic E-state index is 13.2. The minimum absolute atomic E-state index is 0.126. The van der Waals surface area contributed by atoms with Gasteiger partial charge in [0.25, 0.3) is 5.91 Å². The lowest BCUT2D eigenvalue weighted by molar-refractivity contribution is -0.140. The summed E-state index contributed by atoms with van der Waals surface area (Å²) in [5.41, 5.74) is -1.53. The Morgan fingerprint density at radius 1 is 1.38 bits per heavy atom. The van der Waals surface area contributed by atoms with E-state index in [4.69, 9.17) is 0 Å². The average Bonchev–Trinajstić information content (AvgIpc) is 2.46. The molecule has 2 nitrogen and oxygen atoms in total. The molecule has 0 saturated carbocycles. The second-order valence-electron chi connectivity index (χ2n) is 5.11. The first kappa shape index (κ1) is 16.3. The fraction of sp³-hybridized carbons (Fsp3) is 0.500. The Bertz CT molecular complexity index is 532. The van der Waals surface area contributed by atoms with Crippen molar-refractivity contribution in [1.29, 1.82) is 0 Å². The van der Waals surface area contributed by atoms with Crippen molar-refractivity contribution in [3.05, 3.63) is 35.1 Å². The van der Waals surface area contributed by atoms with Gasteiger partial charge in [0, 0.05) is 24.0 Å². The summed E-state index contributed by atoms with van der Waals surface area (Å²) in [5.74, 6) is -1.55. The van der Waals surface area contributed by atoms with E-state index >= 15 is 0 Å². The van der Waals surface area contributed by atoms with Gasteiger partial charge in [0.2, 0.25) is 0 Å². The molecule has 1 heterocycles. The SMILES string of the molecule is O=C(c1ccc(F)c(C(F)(F)F)c1)N1CCCC(CBr)C1. The minimum atomic E-state index is -4.80. The number of nitrogens with zero attached hydrogens (tertiary/aromatic N) is 1. The standard InChI is InChI=1S/C14H14BrF4NO/c15-7-9-2-1-5-20(8-9)13(21)10-3-4-12(16)11(6-10)14(17,18)19/h3-4,6,9H,1-2,5,7-8H2. The fourth-order valence-corrected chi connectivity index (χ4v) is 2.96. The van der Waals surface area contributed by atoms with Gasteiger partial charge in [-0.3, -0.25) is 4.79 Å². The molecule has 0 radical (unpaired) electrons. The summed E-state index contributed by atoms with van der Waals surface area (Å²) in [6.07, 6.45) is -3.01. The molecule has 1 aromatic rings. The van der Waals surface area contributed by atoms with E-state index in [-0.39, 0.29) is 5.56 Å². The van der Waals surface area contributed by atoms with Gasteiger partial charge in [0.05, 0.1) is 5.56 Å². The number of likely N-dealkylation sites (tertiary alicyclic amines) is 1. The second-order valence-corrected chi connectivity index (χ2v) is 5.75. The lowest BCUT2D eigenvalue weighted by Crippen LogP contribution is -2.40. The molecular formula is C14H14BrF4NO. The molecule has 0 aliphatic carbocycles. The Kier molecular flexibility index (Phi) is 4.91. The number of piperidine rings is 1. The van der Waals surface area contributed by atoms with Gasteiger partial charge < -0.3 is 4.90 Å². The van der Waals surface area contributed by atoms with E-state index in [1.54, 1.807) is 0 Å². The Labute approximate surface area is 128 Å². The molecule has 21 heavy (non-hydrogen) atoms. The number of halogens is 5. The van der Waals surface area contributed by atoms with Crippen LogP contribution in [0.1, 0.15) is 28.8 Å². The van der Waals surface area contributed by atoms with E-state index in [9.17, 15) is 22.4 Å². The zero-order valence-electron chi connectivity index (χ0n) is 11.1. The van der Waals surface area contributed by atoms with Crippen LogP contribution in [-0.4, -0.2) is 29.2 Å². The zero-order valence-corrected chi connectivity index (χ0v) is 12.7. The molecule has 1 amide bonds. The summed E-state index contributed by atoms with van der Waals surface area (Å²) in [6, 6.07) is 2.39. The molecule has 1 aliphatic rings. The topological polar surface area (TPSA) is 20.3 Å². The fourth-order valence-electron chi connectivity index (χ4n) is 2.43. The quantitative estimate of drug-likeness (QED) is 0.569. The maximum Gasteiger partial charge on any atom is 0.419 e. The average molecular weight is 368 g/mol. The number of amides is 1. The van der Waals surface area contributed by atoms with Crippen molar-refractivity contribution in [2.75, 3.05) is 18.4 Å². The highest BCUT2D eigenvalue weighted by atomic mass is 79.9. The number of alkyl halides is 4. The van der Waals surface area contributed by atoms with Gasteiger partial charge in [-0.15, -0.1) is 0 Å². The Morgan fingerprint density at radius 2 is 2.10 bits per heavy atom. The monoisotopic (exact) mass is 367 g/mol. The van der Waals surface area contributed by atoms with Crippen molar-refractivity contribution in [2.45, 2.75) is 19.0 Å². The van der Waals surface area contributed by atoms with Gasteiger partial charge in [-0.05, 0) is 37.0 Å². The number of benzene rings is 1. The van der Waals surface area contributed by atoms with Crippen LogP contribution in [0.15, 0.2) is 18.2 Å². The number of hydrogen-bond acceptors (Lipinski definition) is 1. The molecule has 1 aliphatic heterocycles. The minimum Gasteiger partial charge on any atom is -0.338 e. The van der Waals surface area contributed by atoms with E-state index in [1.807, 2.05) is 0 Å². The Morgan fingerprint density at radius 3 is 2.71 bits per heavy atom. The first-order valence-corrected chi connectivity index (χ1v) is 7.67. The van der Waals surface area contributed by atoms with Crippen molar-refractivity contribution in [3.63, 3.8) is 0 Å². The van der Waals surface area contributed by atoms with Gasteiger partial charge in [-0.25, -0.2) is 4.39 Å². The highest BCUT2D eigenvalue weighted by molar-refractivity contribution is 9.09. The summed E-state index contributed by atoms with van der Waals surface area (Å²) in [7, 11) is 0. The molecule has 1 aromatic carbocycles. The summed E-state index contributed by atoms with van der Waals surface area (Å²) in [5, 5.41) is 0.744. The van der Waals surface area contributed by atoms with E-state index in [0.29, 0.717) is 31.1 Å². The maximum atomic E-state index is 13.2. The van der Waals surface area contributed by atoms with Crippen molar-refractivity contribution in [2.24, 2.45) is 5.92 Å². The molecule has 1 unspecified atom stereocenters. The van der Waals surface area contributed by atoms with E-state index < -0.39 is 23.5 Å². The number of hydrogen-bond donors (Lipinski definition) is 0. The van der Waals surface area contributed by atoms with Crippen LogP contribution in [0.2, 0.25) is 0 Å². The molecule has 0 bridgehead atoms. The molecule has 2 rings (SSSR count). The summed E-state index contributed by atoms with van der Waals surface area (Å²) < 4.78 is 51.3. The van der Waals surface area contributed by atoms with E-state index in [0.717, 1.165) is 24.2 Å². The molecule has 0 spiro atoms. The molecular weight excluding hydrogens is 354 g/mol. The predicted molar refractivity (Wildman–Crippen MR) is 73.8 cm³/mol.